The van der Waals surface area contributed by atoms with E-state index in [4.69, 9.17) is 9.26 Å². The zero-order valence-corrected chi connectivity index (χ0v) is 10.9. The predicted octanol–water partition coefficient (Wildman–Crippen LogP) is 2.78. The quantitative estimate of drug-likeness (QED) is 0.864. The Hall–Kier alpha value is -2.04. The van der Waals surface area contributed by atoms with E-state index in [1.54, 1.807) is 6.92 Å². The van der Waals surface area contributed by atoms with E-state index in [2.05, 4.69) is 15.5 Å². The zero-order valence-electron chi connectivity index (χ0n) is 10.9. The minimum absolute atomic E-state index is 0.451. The first-order chi connectivity index (χ1) is 9.29. The van der Waals surface area contributed by atoms with Crippen molar-refractivity contribution < 1.29 is 9.26 Å². The van der Waals surface area contributed by atoms with E-state index >= 15 is 0 Å². The molecule has 0 bridgehead atoms. The molecule has 1 N–H and O–H groups in total. The highest BCUT2D eigenvalue weighted by Crippen LogP contribution is 2.29. The van der Waals surface area contributed by atoms with Gasteiger partial charge in [0.1, 0.15) is 5.75 Å². The molecule has 0 spiro atoms. The van der Waals surface area contributed by atoms with Gasteiger partial charge in [-0.3, -0.25) is 0 Å². The van der Waals surface area contributed by atoms with Gasteiger partial charge in [0.25, 0.3) is 0 Å². The maximum absolute atomic E-state index is 5.69. The number of nitrogens with one attached hydrogen (secondary N) is 1. The molecule has 1 aromatic heterocycles. The Balaban J connectivity index is 1.50. The fourth-order valence-electron chi connectivity index (χ4n) is 1.75. The largest absolute Gasteiger partial charge is 0.493 e. The van der Waals surface area contributed by atoms with Crippen LogP contribution in [-0.2, 0) is 6.54 Å². The van der Waals surface area contributed by atoms with Gasteiger partial charge < -0.3 is 14.6 Å². The van der Waals surface area contributed by atoms with Crippen molar-refractivity contribution in [3.05, 3.63) is 35.7 Å². The molecule has 0 atom stereocenters. The van der Waals surface area contributed by atoms with E-state index in [0.29, 0.717) is 18.4 Å². The van der Waals surface area contributed by atoms with Crippen LogP contribution in [0, 0.1) is 12.8 Å². The molecule has 0 unspecified atom stereocenters. The number of aromatic nitrogens is 2. The van der Waals surface area contributed by atoms with Crippen LogP contribution in [0.3, 0.4) is 0 Å². The standard InChI is InChI=1S/C14H17N3O2/c1-10-16-14(19-17-10)15-8-11-4-6-13(7-5-11)18-9-12-2-3-12/h4-7,12H,2-3,8-9H2,1H3,(H,15,16,17). The second-order valence-corrected chi connectivity index (χ2v) is 4.90. The van der Waals surface area contributed by atoms with Gasteiger partial charge in [0.05, 0.1) is 6.61 Å². The summed E-state index contributed by atoms with van der Waals surface area (Å²) in [4.78, 5) is 4.09. The minimum Gasteiger partial charge on any atom is -0.493 e. The summed E-state index contributed by atoms with van der Waals surface area (Å²) in [6, 6.07) is 8.53. The third-order valence-corrected chi connectivity index (χ3v) is 3.08. The number of hydrogen-bond donors (Lipinski definition) is 1. The molecule has 1 aromatic carbocycles. The summed E-state index contributed by atoms with van der Waals surface area (Å²) in [5.41, 5.74) is 1.15. The van der Waals surface area contributed by atoms with Crippen molar-refractivity contribution in [2.24, 2.45) is 5.92 Å². The normalized spacial score (nSPS) is 14.4. The lowest BCUT2D eigenvalue weighted by Crippen LogP contribution is -2.01. The molecule has 1 fully saturated rings. The summed E-state index contributed by atoms with van der Waals surface area (Å²) >= 11 is 0. The molecule has 0 amide bonds. The number of aryl methyl sites for hydroxylation is 1. The van der Waals surface area contributed by atoms with E-state index in [9.17, 15) is 0 Å². The van der Waals surface area contributed by atoms with Crippen molar-refractivity contribution in [2.75, 3.05) is 11.9 Å². The van der Waals surface area contributed by atoms with Crippen molar-refractivity contribution in [3.8, 4) is 5.75 Å². The number of rotatable bonds is 6. The second kappa shape index (κ2) is 5.30. The van der Waals surface area contributed by atoms with Crippen LogP contribution in [0.4, 0.5) is 6.01 Å². The first kappa shape index (κ1) is 12.0. The molecule has 2 aromatic rings. The van der Waals surface area contributed by atoms with Crippen LogP contribution in [0.1, 0.15) is 24.2 Å². The van der Waals surface area contributed by atoms with Crippen molar-refractivity contribution in [2.45, 2.75) is 26.3 Å². The summed E-state index contributed by atoms with van der Waals surface area (Å²) in [7, 11) is 0. The highest BCUT2D eigenvalue weighted by atomic mass is 16.5. The Morgan fingerprint density at radius 3 is 2.74 bits per heavy atom. The summed E-state index contributed by atoms with van der Waals surface area (Å²) in [5, 5.41) is 6.80. The number of benzene rings is 1. The van der Waals surface area contributed by atoms with Crippen molar-refractivity contribution in [1.82, 2.24) is 10.1 Å². The van der Waals surface area contributed by atoms with Crippen LogP contribution in [0.15, 0.2) is 28.8 Å². The van der Waals surface area contributed by atoms with Gasteiger partial charge in [-0.05, 0) is 43.4 Å². The zero-order chi connectivity index (χ0) is 13.1. The van der Waals surface area contributed by atoms with Gasteiger partial charge in [0.15, 0.2) is 5.82 Å². The molecule has 0 radical (unpaired) electrons. The Bertz CT molecular complexity index is 532. The fourth-order valence-corrected chi connectivity index (χ4v) is 1.75. The van der Waals surface area contributed by atoms with Crippen LogP contribution in [0.5, 0.6) is 5.75 Å². The van der Waals surface area contributed by atoms with E-state index in [1.807, 2.05) is 24.3 Å². The summed E-state index contributed by atoms with van der Waals surface area (Å²) in [6.45, 7) is 3.30. The molecule has 0 saturated heterocycles. The Morgan fingerprint density at radius 2 is 2.11 bits per heavy atom. The van der Waals surface area contributed by atoms with Crippen LogP contribution < -0.4 is 10.1 Å². The second-order valence-electron chi connectivity index (χ2n) is 4.90. The molecule has 1 aliphatic rings. The average molecular weight is 259 g/mol. The van der Waals surface area contributed by atoms with Gasteiger partial charge in [-0.2, -0.15) is 4.98 Å². The number of ether oxygens (including phenoxy) is 1. The fraction of sp³-hybridized carbons (Fsp3) is 0.429. The van der Waals surface area contributed by atoms with Gasteiger partial charge in [-0.1, -0.05) is 17.3 Å². The molecular weight excluding hydrogens is 242 g/mol. The van der Waals surface area contributed by atoms with Crippen LogP contribution in [-0.4, -0.2) is 16.7 Å². The summed E-state index contributed by atoms with van der Waals surface area (Å²) in [6.07, 6.45) is 2.62. The molecule has 5 nitrogen and oxygen atoms in total. The van der Waals surface area contributed by atoms with Gasteiger partial charge >= 0.3 is 6.01 Å². The summed E-state index contributed by atoms with van der Waals surface area (Å²) in [5.74, 6) is 2.35. The molecule has 19 heavy (non-hydrogen) atoms. The van der Waals surface area contributed by atoms with Crippen LogP contribution in [0.25, 0.3) is 0 Å². The molecule has 1 heterocycles. The Morgan fingerprint density at radius 1 is 1.32 bits per heavy atom. The molecular formula is C14H17N3O2. The number of hydrogen-bond acceptors (Lipinski definition) is 5. The minimum atomic E-state index is 0.451. The first-order valence-corrected chi connectivity index (χ1v) is 6.55. The van der Waals surface area contributed by atoms with E-state index < -0.39 is 0 Å². The smallest absolute Gasteiger partial charge is 0.321 e. The van der Waals surface area contributed by atoms with Crippen molar-refractivity contribution in [1.29, 1.82) is 0 Å². The highest BCUT2D eigenvalue weighted by Gasteiger charge is 2.21. The topological polar surface area (TPSA) is 60.2 Å². The summed E-state index contributed by atoms with van der Waals surface area (Å²) < 4.78 is 10.7. The maximum Gasteiger partial charge on any atom is 0.321 e. The average Bonchev–Trinajstić information content (AvgIpc) is 3.17. The SMILES string of the molecule is Cc1noc(NCc2ccc(OCC3CC3)cc2)n1. The molecule has 3 rings (SSSR count). The third kappa shape index (κ3) is 3.47. The van der Waals surface area contributed by atoms with Gasteiger partial charge in [-0.25, -0.2) is 0 Å². The van der Waals surface area contributed by atoms with Gasteiger partial charge in [-0.15, -0.1) is 0 Å². The van der Waals surface area contributed by atoms with E-state index in [0.717, 1.165) is 23.8 Å². The predicted molar refractivity (Wildman–Crippen MR) is 71.0 cm³/mol. The monoisotopic (exact) mass is 259 g/mol. The van der Waals surface area contributed by atoms with Crippen LogP contribution >= 0.6 is 0 Å². The molecule has 1 saturated carbocycles. The van der Waals surface area contributed by atoms with Crippen molar-refractivity contribution >= 4 is 6.01 Å². The lowest BCUT2D eigenvalue weighted by Gasteiger charge is -2.06. The lowest BCUT2D eigenvalue weighted by molar-refractivity contribution is 0.299. The number of nitrogens with zero attached hydrogens (tertiary/aromatic N) is 2. The van der Waals surface area contributed by atoms with Gasteiger partial charge in [0.2, 0.25) is 0 Å². The Labute approximate surface area is 112 Å². The van der Waals surface area contributed by atoms with Crippen molar-refractivity contribution in [3.63, 3.8) is 0 Å². The lowest BCUT2D eigenvalue weighted by atomic mass is 10.2. The van der Waals surface area contributed by atoms with E-state index in [1.165, 1.54) is 12.8 Å². The molecule has 5 heteroatoms. The molecule has 1 aliphatic carbocycles. The van der Waals surface area contributed by atoms with Crippen LogP contribution in [0.2, 0.25) is 0 Å². The Kier molecular flexibility index (Phi) is 3.35. The maximum atomic E-state index is 5.69. The molecule has 0 aliphatic heterocycles. The van der Waals surface area contributed by atoms with E-state index in [-0.39, 0.29) is 0 Å². The first-order valence-electron chi connectivity index (χ1n) is 6.55. The number of anilines is 1. The highest BCUT2D eigenvalue weighted by molar-refractivity contribution is 5.30. The van der Waals surface area contributed by atoms with Gasteiger partial charge in [0, 0.05) is 6.54 Å². The molecule has 100 valence electrons. The third-order valence-electron chi connectivity index (χ3n) is 3.08.